The molecule has 0 aliphatic heterocycles. The lowest BCUT2D eigenvalue weighted by Crippen LogP contribution is -2.36. The van der Waals surface area contributed by atoms with E-state index < -0.39 is 0 Å². The molecule has 0 unspecified atom stereocenters. The molecule has 0 heterocycles. The minimum absolute atomic E-state index is 0.0814. The molecule has 4 N–H and O–H groups in total. The second-order valence-electron chi connectivity index (χ2n) is 6.60. The minimum Gasteiger partial charge on any atom is -0.347 e. The zero-order chi connectivity index (χ0) is 20.5. The quantitative estimate of drug-likeness (QED) is 0.592. The Bertz CT molecular complexity index is 827. The molecule has 0 aromatic heterocycles. The summed E-state index contributed by atoms with van der Waals surface area (Å²) in [6.07, 6.45) is 0.0814. The molecule has 0 fully saturated rings. The van der Waals surface area contributed by atoms with E-state index in [4.69, 9.17) is 0 Å². The van der Waals surface area contributed by atoms with Crippen LogP contribution in [0.15, 0.2) is 42.5 Å². The fourth-order valence-electron chi connectivity index (χ4n) is 2.81. The highest BCUT2D eigenvalue weighted by atomic mass is 16.2. The normalized spacial score (nSPS) is 10.1. The van der Waals surface area contributed by atoms with Gasteiger partial charge in [0.25, 0.3) is 0 Å². The van der Waals surface area contributed by atoms with Crippen LogP contribution in [0.5, 0.6) is 0 Å². The first-order valence-corrected chi connectivity index (χ1v) is 9.09. The van der Waals surface area contributed by atoms with Crippen LogP contribution < -0.4 is 21.3 Å². The fraction of sp³-hybridized carbons (Fsp3) is 0.286. The van der Waals surface area contributed by atoms with Gasteiger partial charge in [-0.2, -0.15) is 0 Å². The van der Waals surface area contributed by atoms with Crippen LogP contribution in [-0.2, 0) is 9.59 Å². The maximum atomic E-state index is 12.1. The van der Waals surface area contributed by atoms with E-state index in [1.165, 1.54) is 0 Å². The fourth-order valence-corrected chi connectivity index (χ4v) is 2.81. The Morgan fingerprint density at radius 3 is 2.11 bits per heavy atom. The van der Waals surface area contributed by atoms with E-state index in [1.807, 2.05) is 51.1 Å². The highest BCUT2D eigenvalue weighted by Crippen LogP contribution is 2.21. The number of nitrogens with one attached hydrogen (secondary N) is 4. The van der Waals surface area contributed by atoms with E-state index >= 15 is 0 Å². The number of benzene rings is 2. The van der Waals surface area contributed by atoms with E-state index in [0.29, 0.717) is 5.69 Å². The average Bonchev–Trinajstić information content (AvgIpc) is 2.64. The van der Waals surface area contributed by atoms with Crippen LogP contribution in [0.25, 0.3) is 0 Å². The third kappa shape index (κ3) is 6.75. The van der Waals surface area contributed by atoms with Crippen molar-refractivity contribution in [1.29, 1.82) is 0 Å². The molecule has 4 amide bonds. The Morgan fingerprint density at radius 1 is 0.821 bits per heavy atom. The molecule has 7 nitrogen and oxygen atoms in total. The standard InChI is InChI=1S/C21H26N4O3/c1-14-11-15(2)20(16(3)12-14)25-19(27)13-23-18(26)9-10-22-21(28)24-17-7-5-4-6-8-17/h4-8,11-12H,9-10,13H2,1-3H3,(H,23,26)(H,25,27)(H2,22,24,28). The Kier molecular flexibility index (Phi) is 7.56. The highest BCUT2D eigenvalue weighted by molar-refractivity contribution is 5.96. The van der Waals surface area contributed by atoms with E-state index in [1.54, 1.807) is 12.1 Å². The lowest BCUT2D eigenvalue weighted by atomic mass is 10.1. The molecule has 2 rings (SSSR count). The van der Waals surface area contributed by atoms with Crippen molar-refractivity contribution < 1.29 is 14.4 Å². The number of hydrogen-bond donors (Lipinski definition) is 4. The van der Waals surface area contributed by atoms with Gasteiger partial charge in [0.2, 0.25) is 11.8 Å². The topological polar surface area (TPSA) is 99.3 Å². The highest BCUT2D eigenvalue weighted by Gasteiger charge is 2.10. The summed E-state index contributed by atoms with van der Waals surface area (Å²) in [4.78, 5) is 35.7. The van der Waals surface area contributed by atoms with E-state index in [-0.39, 0.29) is 37.4 Å². The van der Waals surface area contributed by atoms with Gasteiger partial charge in [-0.3, -0.25) is 9.59 Å². The molecule has 0 aliphatic carbocycles. The second kappa shape index (κ2) is 10.1. The van der Waals surface area contributed by atoms with Crippen LogP contribution >= 0.6 is 0 Å². The molecular formula is C21H26N4O3. The molecule has 0 bridgehead atoms. The van der Waals surface area contributed by atoms with Gasteiger partial charge >= 0.3 is 6.03 Å². The lowest BCUT2D eigenvalue weighted by Gasteiger charge is -2.13. The van der Waals surface area contributed by atoms with Crippen molar-refractivity contribution in [3.05, 3.63) is 59.2 Å². The van der Waals surface area contributed by atoms with Gasteiger partial charge < -0.3 is 21.3 Å². The van der Waals surface area contributed by atoms with E-state index in [2.05, 4.69) is 21.3 Å². The van der Waals surface area contributed by atoms with Crippen molar-refractivity contribution in [2.24, 2.45) is 0 Å². The Hall–Kier alpha value is -3.35. The lowest BCUT2D eigenvalue weighted by molar-refractivity contribution is -0.124. The summed E-state index contributed by atoms with van der Waals surface area (Å²) >= 11 is 0. The summed E-state index contributed by atoms with van der Waals surface area (Å²) in [6.45, 7) is 5.91. The molecule has 148 valence electrons. The average molecular weight is 382 g/mol. The smallest absolute Gasteiger partial charge is 0.319 e. The maximum Gasteiger partial charge on any atom is 0.319 e. The first-order valence-electron chi connectivity index (χ1n) is 9.09. The molecule has 28 heavy (non-hydrogen) atoms. The molecule has 7 heteroatoms. The monoisotopic (exact) mass is 382 g/mol. The van der Waals surface area contributed by atoms with Crippen molar-refractivity contribution in [3.63, 3.8) is 0 Å². The minimum atomic E-state index is -0.387. The second-order valence-corrected chi connectivity index (χ2v) is 6.60. The van der Waals surface area contributed by atoms with Crippen molar-refractivity contribution in [2.45, 2.75) is 27.2 Å². The van der Waals surface area contributed by atoms with Crippen LogP contribution in [0.3, 0.4) is 0 Å². The summed E-state index contributed by atoms with van der Waals surface area (Å²) in [6, 6.07) is 12.6. The number of anilines is 2. The first kappa shape index (κ1) is 21.0. The van der Waals surface area contributed by atoms with Gasteiger partial charge in [0.15, 0.2) is 0 Å². The molecule has 0 aliphatic rings. The SMILES string of the molecule is Cc1cc(C)c(NC(=O)CNC(=O)CCNC(=O)Nc2ccccc2)c(C)c1. The molecule has 0 spiro atoms. The molecule has 0 saturated heterocycles. The van der Waals surface area contributed by atoms with Gasteiger partial charge in [-0.05, 0) is 44.0 Å². The van der Waals surface area contributed by atoms with Crippen molar-refractivity contribution in [3.8, 4) is 0 Å². The van der Waals surface area contributed by atoms with Gasteiger partial charge in [0.05, 0.1) is 6.54 Å². The number of para-hydroxylation sites is 1. The molecule has 0 atom stereocenters. The third-order valence-electron chi connectivity index (χ3n) is 4.06. The van der Waals surface area contributed by atoms with Crippen molar-refractivity contribution >= 4 is 29.2 Å². The van der Waals surface area contributed by atoms with Crippen LogP contribution in [0.2, 0.25) is 0 Å². The van der Waals surface area contributed by atoms with Crippen LogP contribution in [0.4, 0.5) is 16.2 Å². The van der Waals surface area contributed by atoms with Gasteiger partial charge in [0, 0.05) is 24.3 Å². The summed E-state index contributed by atoms with van der Waals surface area (Å²) < 4.78 is 0. The van der Waals surface area contributed by atoms with Crippen molar-refractivity contribution in [1.82, 2.24) is 10.6 Å². The summed E-state index contributed by atoms with van der Waals surface area (Å²) in [5, 5.41) is 10.6. The van der Waals surface area contributed by atoms with Crippen LogP contribution in [-0.4, -0.2) is 30.9 Å². The molecular weight excluding hydrogens is 356 g/mol. The zero-order valence-corrected chi connectivity index (χ0v) is 16.4. The molecule has 0 radical (unpaired) electrons. The Balaban J connectivity index is 1.68. The predicted molar refractivity (Wildman–Crippen MR) is 110 cm³/mol. The maximum absolute atomic E-state index is 12.1. The summed E-state index contributed by atoms with van der Waals surface area (Å²) in [5.74, 6) is -0.606. The number of amides is 4. The number of urea groups is 1. The van der Waals surface area contributed by atoms with Crippen LogP contribution in [0.1, 0.15) is 23.1 Å². The van der Waals surface area contributed by atoms with Crippen LogP contribution in [0, 0.1) is 20.8 Å². The van der Waals surface area contributed by atoms with Gasteiger partial charge in [-0.15, -0.1) is 0 Å². The number of rotatable bonds is 7. The number of hydrogen-bond acceptors (Lipinski definition) is 3. The number of carbonyl (C=O) groups excluding carboxylic acids is 3. The zero-order valence-electron chi connectivity index (χ0n) is 16.4. The van der Waals surface area contributed by atoms with Gasteiger partial charge in [-0.25, -0.2) is 4.79 Å². The van der Waals surface area contributed by atoms with Gasteiger partial charge in [-0.1, -0.05) is 35.9 Å². The number of aryl methyl sites for hydroxylation is 3. The summed E-state index contributed by atoms with van der Waals surface area (Å²) in [5.41, 5.74) is 4.52. The molecule has 2 aromatic rings. The third-order valence-corrected chi connectivity index (χ3v) is 4.06. The number of carbonyl (C=O) groups is 3. The molecule has 0 saturated carbocycles. The largest absolute Gasteiger partial charge is 0.347 e. The first-order chi connectivity index (χ1) is 13.3. The summed E-state index contributed by atoms with van der Waals surface area (Å²) in [7, 11) is 0. The van der Waals surface area contributed by atoms with E-state index in [9.17, 15) is 14.4 Å². The van der Waals surface area contributed by atoms with Gasteiger partial charge in [0.1, 0.15) is 0 Å². The molecule has 2 aromatic carbocycles. The predicted octanol–water partition coefficient (Wildman–Crippen LogP) is 2.88. The Labute approximate surface area is 164 Å². The Morgan fingerprint density at radius 2 is 1.46 bits per heavy atom. The van der Waals surface area contributed by atoms with E-state index in [0.717, 1.165) is 22.4 Å². The van der Waals surface area contributed by atoms with Crippen molar-refractivity contribution in [2.75, 3.05) is 23.7 Å².